The monoisotopic (exact) mass is 248 g/mol. The van der Waals surface area contributed by atoms with E-state index in [1.54, 1.807) is 0 Å². The van der Waals surface area contributed by atoms with Gasteiger partial charge in [0.05, 0.1) is 0 Å². The summed E-state index contributed by atoms with van der Waals surface area (Å²) in [5.74, 6) is 5.16. The summed E-state index contributed by atoms with van der Waals surface area (Å²) in [6, 6.07) is 8.22. The molecule has 0 saturated heterocycles. The van der Waals surface area contributed by atoms with Crippen LogP contribution in [-0.2, 0) is 6.54 Å². The number of benzene rings is 1. The molecule has 0 saturated carbocycles. The molecule has 0 unspecified atom stereocenters. The third kappa shape index (κ3) is 2.24. The first kappa shape index (κ1) is 7.97. The highest BCUT2D eigenvalue weighted by Gasteiger charge is 1.89. The van der Waals surface area contributed by atoms with E-state index in [1.807, 2.05) is 12.1 Å². The SMILES string of the molecule is NNCc1cccc(I)c1. The van der Waals surface area contributed by atoms with Crippen molar-refractivity contribution in [3.05, 3.63) is 33.4 Å². The van der Waals surface area contributed by atoms with Gasteiger partial charge in [0.1, 0.15) is 0 Å². The van der Waals surface area contributed by atoms with Gasteiger partial charge >= 0.3 is 0 Å². The smallest absolute Gasteiger partial charge is 0.0349 e. The van der Waals surface area contributed by atoms with Crippen molar-refractivity contribution < 1.29 is 0 Å². The summed E-state index contributed by atoms with van der Waals surface area (Å²) < 4.78 is 1.24. The zero-order valence-corrected chi connectivity index (χ0v) is 7.63. The summed E-state index contributed by atoms with van der Waals surface area (Å²) in [7, 11) is 0. The Morgan fingerprint density at radius 3 is 2.90 bits per heavy atom. The Hall–Kier alpha value is -0.130. The summed E-state index contributed by atoms with van der Waals surface area (Å²) in [5.41, 5.74) is 3.82. The van der Waals surface area contributed by atoms with Gasteiger partial charge in [-0.05, 0) is 40.3 Å². The number of halogens is 1. The van der Waals surface area contributed by atoms with Crippen LogP contribution in [0.15, 0.2) is 24.3 Å². The van der Waals surface area contributed by atoms with Crippen LogP contribution in [0.4, 0.5) is 0 Å². The molecule has 0 aliphatic rings. The number of nitrogens with one attached hydrogen (secondary N) is 1. The van der Waals surface area contributed by atoms with Gasteiger partial charge in [-0.1, -0.05) is 12.1 Å². The quantitative estimate of drug-likeness (QED) is 0.469. The first-order valence-corrected chi connectivity index (χ1v) is 4.08. The van der Waals surface area contributed by atoms with Crippen molar-refractivity contribution in [2.75, 3.05) is 0 Å². The molecule has 0 amide bonds. The molecule has 0 fully saturated rings. The standard InChI is InChI=1S/C7H9IN2/c8-7-3-1-2-6(4-7)5-10-9/h1-4,10H,5,9H2. The van der Waals surface area contributed by atoms with E-state index in [4.69, 9.17) is 5.84 Å². The molecule has 0 aliphatic heterocycles. The topological polar surface area (TPSA) is 38.0 Å². The van der Waals surface area contributed by atoms with E-state index in [-0.39, 0.29) is 0 Å². The lowest BCUT2D eigenvalue weighted by Gasteiger charge is -1.98. The van der Waals surface area contributed by atoms with Crippen molar-refractivity contribution in [3.8, 4) is 0 Å². The highest BCUT2D eigenvalue weighted by atomic mass is 127. The van der Waals surface area contributed by atoms with Crippen molar-refractivity contribution in [1.82, 2.24) is 5.43 Å². The lowest BCUT2D eigenvalue weighted by Crippen LogP contribution is -2.20. The molecule has 3 N–H and O–H groups in total. The van der Waals surface area contributed by atoms with E-state index < -0.39 is 0 Å². The Morgan fingerprint density at radius 1 is 1.50 bits per heavy atom. The first-order chi connectivity index (χ1) is 4.83. The van der Waals surface area contributed by atoms with Gasteiger partial charge in [-0.25, -0.2) is 0 Å². The summed E-state index contributed by atoms with van der Waals surface area (Å²) in [5, 5.41) is 0. The molecule has 0 bridgehead atoms. The molecule has 0 aromatic heterocycles. The number of nitrogens with two attached hydrogens (primary N) is 1. The maximum Gasteiger partial charge on any atom is 0.0349 e. The zero-order chi connectivity index (χ0) is 7.40. The molecule has 10 heavy (non-hydrogen) atoms. The minimum atomic E-state index is 0.733. The molecule has 0 aliphatic carbocycles. The number of hydrazine groups is 1. The minimum absolute atomic E-state index is 0.733. The molecule has 0 spiro atoms. The summed E-state index contributed by atoms with van der Waals surface area (Å²) >= 11 is 2.28. The lowest BCUT2D eigenvalue weighted by atomic mass is 10.2. The largest absolute Gasteiger partial charge is 0.271 e. The van der Waals surface area contributed by atoms with Crippen LogP contribution in [0.2, 0.25) is 0 Å². The number of hydrogen-bond acceptors (Lipinski definition) is 2. The van der Waals surface area contributed by atoms with Gasteiger partial charge in [0.15, 0.2) is 0 Å². The average Bonchev–Trinajstić information content (AvgIpc) is 1.88. The van der Waals surface area contributed by atoms with E-state index in [0.29, 0.717) is 0 Å². The Balaban J connectivity index is 2.75. The van der Waals surface area contributed by atoms with Crippen molar-refractivity contribution in [3.63, 3.8) is 0 Å². The maximum absolute atomic E-state index is 5.16. The van der Waals surface area contributed by atoms with E-state index in [0.717, 1.165) is 6.54 Å². The second-order valence-electron chi connectivity index (χ2n) is 2.01. The molecule has 0 atom stereocenters. The van der Waals surface area contributed by atoms with Crippen molar-refractivity contribution in [2.45, 2.75) is 6.54 Å². The van der Waals surface area contributed by atoms with Gasteiger partial charge in [0, 0.05) is 10.1 Å². The Morgan fingerprint density at radius 2 is 2.30 bits per heavy atom. The van der Waals surface area contributed by atoms with Crippen LogP contribution in [0.25, 0.3) is 0 Å². The van der Waals surface area contributed by atoms with Crippen LogP contribution in [0.1, 0.15) is 5.56 Å². The second kappa shape index (κ2) is 3.90. The molecule has 1 aromatic carbocycles. The maximum atomic E-state index is 5.16. The van der Waals surface area contributed by atoms with Gasteiger partial charge in [-0.3, -0.25) is 11.3 Å². The van der Waals surface area contributed by atoms with Gasteiger partial charge in [0.2, 0.25) is 0 Å². The van der Waals surface area contributed by atoms with Crippen LogP contribution in [0, 0.1) is 3.57 Å². The van der Waals surface area contributed by atoms with Crippen molar-refractivity contribution in [1.29, 1.82) is 0 Å². The van der Waals surface area contributed by atoms with Crippen LogP contribution in [-0.4, -0.2) is 0 Å². The highest BCUT2D eigenvalue weighted by molar-refractivity contribution is 14.1. The molecule has 54 valence electrons. The van der Waals surface area contributed by atoms with Gasteiger partial charge in [-0.2, -0.15) is 0 Å². The normalized spacial score (nSPS) is 9.80. The molecular formula is C7H9IN2. The minimum Gasteiger partial charge on any atom is -0.271 e. The predicted molar refractivity (Wildman–Crippen MR) is 50.2 cm³/mol. The predicted octanol–water partition coefficient (Wildman–Crippen LogP) is 1.25. The molecule has 2 nitrogen and oxygen atoms in total. The number of hydrogen-bond donors (Lipinski definition) is 2. The second-order valence-corrected chi connectivity index (χ2v) is 3.26. The zero-order valence-electron chi connectivity index (χ0n) is 5.47. The van der Waals surface area contributed by atoms with Crippen LogP contribution < -0.4 is 11.3 Å². The fourth-order valence-electron chi connectivity index (χ4n) is 0.765. The van der Waals surface area contributed by atoms with E-state index in [1.165, 1.54) is 9.13 Å². The number of rotatable bonds is 2. The molecule has 1 rings (SSSR count). The summed E-state index contributed by atoms with van der Waals surface area (Å²) in [6.45, 7) is 0.733. The molecular weight excluding hydrogens is 239 g/mol. The fourth-order valence-corrected chi connectivity index (χ4v) is 1.37. The molecule has 0 radical (unpaired) electrons. The molecule has 0 heterocycles. The van der Waals surface area contributed by atoms with Gasteiger partial charge in [0.25, 0.3) is 0 Å². The summed E-state index contributed by atoms with van der Waals surface area (Å²) in [6.07, 6.45) is 0. The average molecular weight is 248 g/mol. The Labute approximate surface area is 73.9 Å². The van der Waals surface area contributed by atoms with Gasteiger partial charge < -0.3 is 0 Å². The van der Waals surface area contributed by atoms with E-state index >= 15 is 0 Å². The molecule has 3 heteroatoms. The lowest BCUT2D eigenvalue weighted by molar-refractivity contribution is 0.741. The third-order valence-corrected chi connectivity index (χ3v) is 1.87. The van der Waals surface area contributed by atoms with Gasteiger partial charge in [-0.15, -0.1) is 0 Å². The Bertz CT molecular complexity index is 213. The van der Waals surface area contributed by atoms with Crippen molar-refractivity contribution in [2.24, 2.45) is 5.84 Å². The summed E-state index contributed by atoms with van der Waals surface area (Å²) in [4.78, 5) is 0. The van der Waals surface area contributed by atoms with Crippen LogP contribution in [0.5, 0.6) is 0 Å². The Kier molecular flexibility index (Phi) is 3.11. The van der Waals surface area contributed by atoms with Crippen molar-refractivity contribution >= 4 is 22.6 Å². The first-order valence-electron chi connectivity index (χ1n) is 3.01. The van der Waals surface area contributed by atoms with E-state index in [9.17, 15) is 0 Å². The van der Waals surface area contributed by atoms with E-state index in [2.05, 4.69) is 40.1 Å². The fraction of sp³-hybridized carbons (Fsp3) is 0.143. The highest BCUT2D eigenvalue weighted by Crippen LogP contribution is 2.06. The van der Waals surface area contributed by atoms with Crippen LogP contribution >= 0.6 is 22.6 Å². The third-order valence-electron chi connectivity index (χ3n) is 1.20. The molecule has 1 aromatic rings. The van der Waals surface area contributed by atoms with Crippen LogP contribution in [0.3, 0.4) is 0 Å².